The van der Waals surface area contributed by atoms with Crippen molar-refractivity contribution in [2.24, 2.45) is 5.41 Å². The molecule has 7 heteroatoms. The van der Waals surface area contributed by atoms with Crippen LogP contribution in [0.15, 0.2) is 23.1 Å². The van der Waals surface area contributed by atoms with Crippen molar-refractivity contribution in [3.8, 4) is 0 Å². The van der Waals surface area contributed by atoms with E-state index in [1.165, 1.54) is 11.0 Å². The largest absolute Gasteiger partial charge is 0.337 e. The number of rotatable bonds is 3. The van der Waals surface area contributed by atoms with E-state index < -0.39 is 15.3 Å². The molecular formula is C15H18N2O4S. The molecule has 0 aromatic heterocycles. The molecule has 1 aromatic rings. The molecule has 1 N–H and O–H groups in total. The third-order valence-electron chi connectivity index (χ3n) is 4.36. The lowest BCUT2D eigenvalue weighted by molar-refractivity contribution is -0.135. The number of carbonyl (C=O) groups is 2. The summed E-state index contributed by atoms with van der Waals surface area (Å²) in [6, 6.07) is 4.51. The van der Waals surface area contributed by atoms with Crippen LogP contribution in [0, 0.1) is 12.3 Å². The zero-order valence-corrected chi connectivity index (χ0v) is 13.4. The molecule has 22 heavy (non-hydrogen) atoms. The zero-order valence-electron chi connectivity index (χ0n) is 12.5. The Morgan fingerprint density at radius 3 is 2.50 bits per heavy atom. The first-order valence-electron chi connectivity index (χ1n) is 7.12. The molecule has 3 amide bonds. The maximum Gasteiger partial charge on any atom is 0.324 e. The van der Waals surface area contributed by atoms with E-state index in [1.54, 1.807) is 19.1 Å². The second kappa shape index (κ2) is 4.81. The summed E-state index contributed by atoms with van der Waals surface area (Å²) in [5.41, 5.74) is 0.965. The first-order valence-corrected chi connectivity index (χ1v) is 9.01. The number of sulfone groups is 1. The van der Waals surface area contributed by atoms with Crippen molar-refractivity contribution < 1.29 is 18.0 Å². The van der Waals surface area contributed by atoms with Crippen molar-refractivity contribution in [1.82, 2.24) is 10.2 Å². The van der Waals surface area contributed by atoms with Gasteiger partial charge in [-0.05, 0) is 37.0 Å². The molecule has 1 aliphatic heterocycles. The fourth-order valence-corrected chi connectivity index (χ4v) is 3.85. The fourth-order valence-electron chi connectivity index (χ4n) is 2.89. The average Bonchev–Trinajstić information content (AvgIpc) is 3.19. The van der Waals surface area contributed by atoms with Gasteiger partial charge in [0.25, 0.3) is 0 Å². The number of amides is 3. The molecule has 0 radical (unpaired) electrons. The Hall–Kier alpha value is -1.89. The van der Waals surface area contributed by atoms with Gasteiger partial charge in [-0.3, -0.25) is 9.69 Å². The monoisotopic (exact) mass is 322 g/mol. The SMILES string of the molecule is Cc1cc(CN2C(=O)NCC3(CC3)C2=O)ccc1S(C)(=O)=O. The van der Waals surface area contributed by atoms with E-state index in [-0.39, 0.29) is 23.4 Å². The predicted octanol–water partition coefficient (Wildman–Crippen LogP) is 1.23. The van der Waals surface area contributed by atoms with Crippen LogP contribution in [0.2, 0.25) is 0 Å². The minimum Gasteiger partial charge on any atom is -0.337 e. The lowest BCUT2D eigenvalue weighted by atomic mass is 10.0. The van der Waals surface area contributed by atoms with Gasteiger partial charge in [-0.1, -0.05) is 12.1 Å². The zero-order chi connectivity index (χ0) is 16.1. The van der Waals surface area contributed by atoms with Crippen LogP contribution in [0.1, 0.15) is 24.0 Å². The van der Waals surface area contributed by atoms with Gasteiger partial charge < -0.3 is 5.32 Å². The maximum atomic E-state index is 12.4. The first kappa shape index (κ1) is 15.0. The van der Waals surface area contributed by atoms with E-state index in [9.17, 15) is 18.0 Å². The van der Waals surface area contributed by atoms with Crippen molar-refractivity contribution in [3.05, 3.63) is 29.3 Å². The molecular weight excluding hydrogens is 304 g/mol. The van der Waals surface area contributed by atoms with Gasteiger partial charge in [0.05, 0.1) is 16.9 Å². The number of aryl methyl sites for hydroxylation is 1. The number of hydrogen-bond donors (Lipinski definition) is 1. The van der Waals surface area contributed by atoms with Gasteiger partial charge in [0.2, 0.25) is 5.91 Å². The van der Waals surface area contributed by atoms with Crippen LogP contribution in [0.3, 0.4) is 0 Å². The fraction of sp³-hybridized carbons (Fsp3) is 0.467. The van der Waals surface area contributed by atoms with Crippen LogP contribution in [-0.4, -0.2) is 38.1 Å². The van der Waals surface area contributed by atoms with Gasteiger partial charge in [0.1, 0.15) is 0 Å². The third-order valence-corrected chi connectivity index (χ3v) is 5.61. The Balaban J connectivity index is 1.85. The molecule has 118 valence electrons. The third kappa shape index (κ3) is 2.49. The number of nitrogens with zero attached hydrogens (tertiary/aromatic N) is 1. The summed E-state index contributed by atoms with van der Waals surface area (Å²) in [4.78, 5) is 25.8. The molecule has 2 fully saturated rings. The molecule has 2 aliphatic rings. The molecule has 3 rings (SSSR count). The van der Waals surface area contributed by atoms with Crippen LogP contribution in [0.25, 0.3) is 0 Å². The molecule has 1 saturated carbocycles. The lowest BCUT2D eigenvalue weighted by Crippen LogP contribution is -2.55. The normalized spacial score (nSPS) is 20.2. The molecule has 6 nitrogen and oxygen atoms in total. The number of nitrogens with one attached hydrogen (secondary N) is 1. The molecule has 0 unspecified atom stereocenters. The molecule has 1 aromatic carbocycles. The minimum absolute atomic E-state index is 0.124. The molecule has 1 aliphatic carbocycles. The minimum atomic E-state index is -3.27. The second-order valence-electron chi connectivity index (χ2n) is 6.20. The van der Waals surface area contributed by atoms with E-state index in [1.807, 2.05) is 0 Å². The highest BCUT2D eigenvalue weighted by Crippen LogP contribution is 2.48. The van der Waals surface area contributed by atoms with Crippen molar-refractivity contribution in [2.45, 2.75) is 31.2 Å². The van der Waals surface area contributed by atoms with Crippen molar-refractivity contribution in [1.29, 1.82) is 0 Å². The summed E-state index contributed by atoms with van der Waals surface area (Å²) in [7, 11) is -3.27. The van der Waals surface area contributed by atoms with Crippen LogP contribution < -0.4 is 5.32 Å². The van der Waals surface area contributed by atoms with Gasteiger partial charge in [-0.2, -0.15) is 0 Å². The Morgan fingerprint density at radius 2 is 1.95 bits per heavy atom. The summed E-state index contributed by atoms with van der Waals surface area (Å²) in [5.74, 6) is -0.124. The Bertz CT molecular complexity index is 766. The van der Waals surface area contributed by atoms with Crippen LogP contribution in [0.5, 0.6) is 0 Å². The number of benzene rings is 1. The standard InChI is InChI=1S/C15H18N2O4S/c1-10-7-11(3-4-12(10)22(2,20)21)8-17-13(18)15(5-6-15)9-16-14(17)19/h3-4,7H,5-6,8-9H2,1-2H3,(H,16,19). The number of hydrogen-bond acceptors (Lipinski definition) is 4. The highest BCUT2D eigenvalue weighted by molar-refractivity contribution is 7.90. The van der Waals surface area contributed by atoms with E-state index >= 15 is 0 Å². The molecule has 1 saturated heterocycles. The van der Waals surface area contributed by atoms with Gasteiger partial charge in [-0.25, -0.2) is 13.2 Å². The topological polar surface area (TPSA) is 83.6 Å². The van der Waals surface area contributed by atoms with Crippen LogP contribution in [0.4, 0.5) is 4.79 Å². The van der Waals surface area contributed by atoms with Gasteiger partial charge in [-0.15, -0.1) is 0 Å². The van der Waals surface area contributed by atoms with Crippen molar-refractivity contribution in [2.75, 3.05) is 12.8 Å². The number of carbonyl (C=O) groups excluding carboxylic acids is 2. The Labute approximate surface area is 129 Å². The summed E-state index contributed by atoms with van der Waals surface area (Å²) in [6.07, 6.45) is 2.79. The van der Waals surface area contributed by atoms with Gasteiger partial charge in [0, 0.05) is 12.8 Å². The second-order valence-corrected chi connectivity index (χ2v) is 8.19. The highest BCUT2D eigenvalue weighted by Gasteiger charge is 2.55. The Morgan fingerprint density at radius 1 is 1.27 bits per heavy atom. The van der Waals surface area contributed by atoms with E-state index in [4.69, 9.17) is 0 Å². The molecule has 0 bridgehead atoms. The van der Waals surface area contributed by atoms with E-state index in [0.29, 0.717) is 12.1 Å². The predicted molar refractivity (Wildman–Crippen MR) is 79.9 cm³/mol. The maximum absolute atomic E-state index is 12.4. The Kier molecular flexibility index (Phi) is 3.28. The quantitative estimate of drug-likeness (QED) is 0.907. The smallest absolute Gasteiger partial charge is 0.324 e. The average molecular weight is 322 g/mol. The van der Waals surface area contributed by atoms with Crippen molar-refractivity contribution in [3.63, 3.8) is 0 Å². The lowest BCUT2D eigenvalue weighted by Gasteiger charge is -2.31. The van der Waals surface area contributed by atoms with Gasteiger partial charge in [0.15, 0.2) is 9.84 Å². The van der Waals surface area contributed by atoms with Crippen LogP contribution in [-0.2, 0) is 21.2 Å². The first-order chi connectivity index (χ1) is 10.2. The highest BCUT2D eigenvalue weighted by atomic mass is 32.2. The number of imide groups is 1. The van der Waals surface area contributed by atoms with Crippen molar-refractivity contribution >= 4 is 21.8 Å². The summed E-state index contributed by atoms with van der Waals surface area (Å²) < 4.78 is 23.2. The number of urea groups is 1. The summed E-state index contributed by atoms with van der Waals surface area (Å²) in [5, 5.41) is 2.76. The molecule has 1 spiro atoms. The molecule has 0 atom stereocenters. The van der Waals surface area contributed by atoms with Crippen LogP contribution >= 0.6 is 0 Å². The summed E-state index contributed by atoms with van der Waals surface area (Å²) in [6.45, 7) is 2.30. The van der Waals surface area contributed by atoms with E-state index in [0.717, 1.165) is 24.7 Å². The summed E-state index contributed by atoms with van der Waals surface area (Å²) >= 11 is 0. The van der Waals surface area contributed by atoms with E-state index in [2.05, 4.69) is 5.32 Å². The van der Waals surface area contributed by atoms with Gasteiger partial charge >= 0.3 is 6.03 Å². The molecule has 1 heterocycles.